The normalized spacial score (nSPS) is 12.4. The van der Waals surface area contributed by atoms with Gasteiger partial charge in [-0.3, -0.25) is 4.79 Å². The number of nitrogens with one attached hydrogen (secondary N) is 1. The maximum absolute atomic E-state index is 12.4. The van der Waals surface area contributed by atoms with Crippen LogP contribution in [0.1, 0.15) is 18.4 Å². The molecule has 30 heavy (non-hydrogen) atoms. The number of rotatable bonds is 8. The third-order valence-corrected chi connectivity index (χ3v) is 5.80. The lowest BCUT2D eigenvalue weighted by Gasteiger charge is -2.13. The van der Waals surface area contributed by atoms with Crippen molar-refractivity contribution in [3.05, 3.63) is 60.0 Å². The van der Waals surface area contributed by atoms with E-state index < -0.39 is 22.0 Å². The molecule has 1 atom stereocenters. The second-order valence-electron chi connectivity index (χ2n) is 6.45. The van der Waals surface area contributed by atoms with Crippen LogP contribution in [0.4, 0.5) is 0 Å². The zero-order valence-corrected chi connectivity index (χ0v) is 17.5. The number of esters is 1. The van der Waals surface area contributed by atoms with Gasteiger partial charge >= 0.3 is 5.97 Å². The molecule has 158 valence electrons. The molecule has 1 aromatic heterocycles. The van der Waals surface area contributed by atoms with Crippen LogP contribution >= 0.6 is 0 Å². The van der Waals surface area contributed by atoms with Crippen molar-refractivity contribution < 1.29 is 27.2 Å². The first-order valence-corrected chi connectivity index (χ1v) is 10.5. The molecule has 1 N–H and O–H groups in total. The lowest BCUT2D eigenvalue weighted by molar-refractivity contribution is -0.147. The van der Waals surface area contributed by atoms with Crippen LogP contribution in [0.5, 0.6) is 5.75 Å². The van der Waals surface area contributed by atoms with Crippen molar-refractivity contribution in [1.82, 2.24) is 14.9 Å². The van der Waals surface area contributed by atoms with Crippen molar-refractivity contribution in [2.45, 2.75) is 31.4 Å². The molecule has 0 aliphatic carbocycles. The minimum absolute atomic E-state index is 0.00252. The van der Waals surface area contributed by atoms with Gasteiger partial charge in [0.1, 0.15) is 11.8 Å². The third-order valence-electron chi connectivity index (χ3n) is 4.25. The van der Waals surface area contributed by atoms with Gasteiger partial charge in [-0.05, 0) is 43.7 Å². The van der Waals surface area contributed by atoms with Gasteiger partial charge in [0.05, 0.1) is 12.0 Å². The van der Waals surface area contributed by atoms with Crippen LogP contribution in [-0.4, -0.2) is 37.7 Å². The number of sulfonamides is 1. The Morgan fingerprint density at radius 1 is 1.17 bits per heavy atom. The van der Waals surface area contributed by atoms with Crippen LogP contribution in [0.15, 0.2) is 57.9 Å². The monoisotopic (exact) mass is 431 g/mol. The fourth-order valence-corrected chi connectivity index (χ4v) is 3.80. The highest BCUT2D eigenvalue weighted by Crippen LogP contribution is 2.20. The Kier molecular flexibility index (Phi) is 6.48. The molecule has 10 heteroatoms. The standard InChI is InChI=1S/C20H21N3O6S/c1-13-6-4-5-7-17(13)19-21-18(29-22-19)12-28-20(24)14(2)23-30(25,26)16-10-8-15(27-3)9-11-16/h4-11,14,23H,12H2,1-3H3. The van der Waals surface area contributed by atoms with Crippen LogP contribution < -0.4 is 9.46 Å². The molecular weight excluding hydrogens is 410 g/mol. The van der Waals surface area contributed by atoms with Gasteiger partial charge in [-0.2, -0.15) is 9.71 Å². The Hall–Kier alpha value is -3.24. The van der Waals surface area contributed by atoms with E-state index in [1.807, 2.05) is 31.2 Å². The predicted molar refractivity (Wildman–Crippen MR) is 107 cm³/mol. The first-order chi connectivity index (χ1) is 14.3. The molecule has 3 rings (SSSR count). The number of carbonyl (C=O) groups excluding carboxylic acids is 1. The Labute approximate surface area is 174 Å². The molecule has 1 unspecified atom stereocenters. The van der Waals surface area contributed by atoms with Crippen LogP contribution in [0, 0.1) is 6.92 Å². The fourth-order valence-electron chi connectivity index (χ4n) is 2.61. The summed E-state index contributed by atoms with van der Waals surface area (Å²) in [6.07, 6.45) is 0. The van der Waals surface area contributed by atoms with Crippen molar-refractivity contribution >= 4 is 16.0 Å². The average Bonchev–Trinajstić information content (AvgIpc) is 3.20. The molecule has 0 fully saturated rings. The lowest BCUT2D eigenvalue weighted by atomic mass is 10.1. The Morgan fingerprint density at radius 2 is 1.87 bits per heavy atom. The lowest BCUT2D eigenvalue weighted by Crippen LogP contribution is -2.39. The van der Waals surface area contributed by atoms with E-state index in [1.165, 1.54) is 38.3 Å². The Bertz CT molecular complexity index is 1130. The number of carbonyl (C=O) groups is 1. The molecule has 0 aliphatic heterocycles. The quantitative estimate of drug-likeness (QED) is 0.540. The molecule has 0 saturated carbocycles. The molecule has 0 aliphatic rings. The number of methoxy groups -OCH3 is 1. The summed E-state index contributed by atoms with van der Waals surface area (Å²) in [4.78, 5) is 16.4. The largest absolute Gasteiger partial charge is 0.497 e. The highest BCUT2D eigenvalue weighted by atomic mass is 32.2. The van der Waals surface area contributed by atoms with Gasteiger partial charge in [0.2, 0.25) is 15.8 Å². The van der Waals surface area contributed by atoms with Gasteiger partial charge in [0.25, 0.3) is 5.89 Å². The maximum atomic E-state index is 12.4. The van der Waals surface area contributed by atoms with Gasteiger partial charge in [-0.15, -0.1) is 0 Å². The van der Waals surface area contributed by atoms with Gasteiger partial charge in [-0.1, -0.05) is 29.4 Å². The van der Waals surface area contributed by atoms with E-state index >= 15 is 0 Å². The van der Waals surface area contributed by atoms with Gasteiger partial charge in [-0.25, -0.2) is 8.42 Å². The second-order valence-corrected chi connectivity index (χ2v) is 8.17. The first-order valence-electron chi connectivity index (χ1n) is 9.02. The van der Waals surface area contributed by atoms with Crippen LogP contribution in [0.2, 0.25) is 0 Å². The SMILES string of the molecule is COc1ccc(S(=O)(=O)NC(C)C(=O)OCc2nc(-c3ccccc3C)no2)cc1. The number of hydrogen-bond donors (Lipinski definition) is 1. The number of nitrogens with zero attached hydrogens (tertiary/aromatic N) is 2. The molecule has 1 heterocycles. The van der Waals surface area contributed by atoms with E-state index in [0.717, 1.165) is 11.1 Å². The summed E-state index contributed by atoms with van der Waals surface area (Å²) in [5, 5.41) is 3.88. The zero-order chi connectivity index (χ0) is 21.7. The minimum Gasteiger partial charge on any atom is -0.497 e. The summed E-state index contributed by atoms with van der Waals surface area (Å²) in [7, 11) is -2.43. The van der Waals surface area contributed by atoms with Crippen LogP contribution in [0.3, 0.4) is 0 Å². The molecule has 0 radical (unpaired) electrons. The highest BCUT2D eigenvalue weighted by Gasteiger charge is 2.24. The van der Waals surface area contributed by atoms with E-state index in [4.69, 9.17) is 14.0 Å². The minimum atomic E-state index is -3.91. The van der Waals surface area contributed by atoms with E-state index in [1.54, 1.807) is 0 Å². The van der Waals surface area contributed by atoms with Crippen LogP contribution in [-0.2, 0) is 26.2 Å². The molecule has 9 nitrogen and oxygen atoms in total. The molecule has 2 aromatic carbocycles. The summed E-state index contributed by atoms with van der Waals surface area (Å²) >= 11 is 0. The summed E-state index contributed by atoms with van der Waals surface area (Å²) in [6, 6.07) is 12.2. The molecular formula is C20H21N3O6S. The Balaban J connectivity index is 1.59. The van der Waals surface area contributed by atoms with E-state index in [9.17, 15) is 13.2 Å². The van der Waals surface area contributed by atoms with E-state index in [0.29, 0.717) is 11.6 Å². The van der Waals surface area contributed by atoms with E-state index in [-0.39, 0.29) is 17.4 Å². The topological polar surface area (TPSA) is 121 Å². The fraction of sp³-hybridized carbons (Fsp3) is 0.250. The zero-order valence-electron chi connectivity index (χ0n) is 16.7. The number of benzene rings is 2. The number of aromatic nitrogens is 2. The highest BCUT2D eigenvalue weighted by molar-refractivity contribution is 7.89. The van der Waals surface area contributed by atoms with Gasteiger partial charge in [0.15, 0.2) is 6.61 Å². The number of aryl methyl sites for hydroxylation is 1. The molecule has 0 bridgehead atoms. The van der Waals surface area contributed by atoms with E-state index in [2.05, 4.69) is 14.9 Å². The summed E-state index contributed by atoms with van der Waals surface area (Å²) in [5.41, 5.74) is 1.78. The first kappa shape index (κ1) is 21.5. The smallest absolute Gasteiger partial charge is 0.324 e. The predicted octanol–water partition coefficient (Wildman–Crippen LogP) is 2.46. The molecule has 0 saturated heterocycles. The van der Waals surface area contributed by atoms with Gasteiger partial charge < -0.3 is 14.0 Å². The van der Waals surface area contributed by atoms with Gasteiger partial charge in [0, 0.05) is 5.56 Å². The van der Waals surface area contributed by atoms with Crippen molar-refractivity contribution in [2.75, 3.05) is 7.11 Å². The van der Waals surface area contributed by atoms with Crippen molar-refractivity contribution in [3.8, 4) is 17.1 Å². The average molecular weight is 431 g/mol. The molecule has 0 spiro atoms. The Morgan fingerprint density at radius 3 is 2.53 bits per heavy atom. The third kappa shape index (κ3) is 5.02. The summed E-state index contributed by atoms with van der Waals surface area (Å²) in [6.45, 7) is 3.03. The number of hydrogen-bond acceptors (Lipinski definition) is 8. The summed E-state index contributed by atoms with van der Waals surface area (Å²) < 4.78 is 42.3. The van der Waals surface area contributed by atoms with Crippen LogP contribution in [0.25, 0.3) is 11.4 Å². The van der Waals surface area contributed by atoms with Crippen molar-refractivity contribution in [2.24, 2.45) is 0 Å². The second kappa shape index (κ2) is 9.06. The molecule has 0 amide bonds. The maximum Gasteiger partial charge on any atom is 0.324 e. The summed E-state index contributed by atoms with van der Waals surface area (Å²) in [5.74, 6) is 0.230. The number of ether oxygens (including phenoxy) is 2. The van der Waals surface area contributed by atoms with Crippen molar-refractivity contribution in [1.29, 1.82) is 0 Å². The molecule has 3 aromatic rings. The van der Waals surface area contributed by atoms with Crippen molar-refractivity contribution in [3.63, 3.8) is 0 Å².